The Morgan fingerprint density at radius 3 is 2.79 bits per heavy atom. The molecule has 0 saturated carbocycles. The van der Waals surface area contributed by atoms with Gasteiger partial charge in [-0.1, -0.05) is 30.3 Å². The Morgan fingerprint density at radius 1 is 1.25 bits per heavy atom. The molecular weight excluding hydrogens is 306 g/mol. The quantitative estimate of drug-likeness (QED) is 0.667. The third kappa shape index (κ3) is 2.39. The molecule has 24 heavy (non-hydrogen) atoms. The van der Waals surface area contributed by atoms with Crippen LogP contribution in [0.25, 0.3) is 22.4 Å². The molecule has 1 aromatic carbocycles. The highest BCUT2D eigenvalue weighted by Crippen LogP contribution is 2.31. The molecule has 0 radical (unpaired) electrons. The van der Waals surface area contributed by atoms with Gasteiger partial charge >= 0.3 is 0 Å². The minimum absolute atomic E-state index is 0.311. The zero-order valence-corrected chi connectivity index (χ0v) is 12.9. The normalized spacial score (nSPS) is 20.6. The number of aliphatic hydroxyl groups is 1. The number of carbonyl (C=O) groups excluding carboxylic acids is 1. The van der Waals surface area contributed by atoms with Crippen molar-refractivity contribution in [2.24, 2.45) is 5.73 Å². The molecule has 0 bridgehead atoms. The van der Waals surface area contributed by atoms with Gasteiger partial charge in [0.2, 0.25) is 5.91 Å². The maximum atomic E-state index is 11.8. The first-order chi connectivity index (χ1) is 11.6. The smallest absolute Gasteiger partial charge is 0.240 e. The van der Waals surface area contributed by atoms with Crippen molar-refractivity contribution in [1.82, 2.24) is 15.0 Å². The van der Waals surface area contributed by atoms with E-state index in [1.807, 2.05) is 36.4 Å². The largest absolute Gasteiger partial charge is 0.391 e. The summed E-state index contributed by atoms with van der Waals surface area (Å²) in [7, 11) is 0. The predicted molar refractivity (Wildman–Crippen MR) is 90.3 cm³/mol. The molecule has 1 amide bonds. The molecule has 7 heteroatoms. The molecule has 3 heterocycles. The van der Waals surface area contributed by atoms with E-state index in [0.29, 0.717) is 30.3 Å². The van der Waals surface area contributed by atoms with Crippen molar-refractivity contribution in [3.8, 4) is 11.4 Å². The third-order valence-electron chi connectivity index (χ3n) is 4.31. The summed E-state index contributed by atoms with van der Waals surface area (Å²) in [6.07, 6.45) is 1.49. The number of benzene rings is 1. The van der Waals surface area contributed by atoms with Crippen LogP contribution in [0, 0.1) is 0 Å². The van der Waals surface area contributed by atoms with E-state index in [0.717, 1.165) is 10.9 Å². The fourth-order valence-electron chi connectivity index (χ4n) is 3.18. The molecular formula is C17H17N5O2. The molecule has 3 aromatic rings. The monoisotopic (exact) mass is 323 g/mol. The number of carbonyl (C=O) groups is 1. The number of amides is 1. The molecule has 4 rings (SSSR count). The van der Waals surface area contributed by atoms with Crippen LogP contribution in [0.15, 0.2) is 42.6 Å². The topological polar surface area (TPSA) is 108 Å². The lowest BCUT2D eigenvalue weighted by atomic mass is 10.2. The summed E-state index contributed by atoms with van der Waals surface area (Å²) in [4.78, 5) is 25.9. The fourth-order valence-corrected chi connectivity index (χ4v) is 3.18. The summed E-state index contributed by atoms with van der Waals surface area (Å²) in [5, 5.41) is 10.8. The number of hydrogen-bond donors (Lipinski definition) is 3. The number of hydrogen-bond acceptors (Lipinski definition) is 5. The number of nitrogens with two attached hydrogens (primary N) is 1. The first kappa shape index (κ1) is 14.6. The minimum atomic E-state index is -0.605. The number of aromatic amines is 1. The van der Waals surface area contributed by atoms with E-state index >= 15 is 0 Å². The maximum Gasteiger partial charge on any atom is 0.240 e. The first-order valence-corrected chi connectivity index (χ1v) is 7.78. The van der Waals surface area contributed by atoms with Crippen molar-refractivity contribution in [3.63, 3.8) is 0 Å². The van der Waals surface area contributed by atoms with E-state index in [4.69, 9.17) is 5.73 Å². The summed E-state index contributed by atoms with van der Waals surface area (Å²) in [5.74, 6) is 0.709. The van der Waals surface area contributed by atoms with Crippen LogP contribution in [0.3, 0.4) is 0 Å². The van der Waals surface area contributed by atoms with Gasteiger partial charge in [0, 0.05) is 24.7 Å². The molecule has 0 aliphatic carbocycles. The molecule has 1 fully saturated rings. The van der Waals surface area contributed by atoms with Gasteiger partial charge in [-0.3, -0.25) is 4.79 Å². The number of nitrogens with one attached hydrogen (secondary N) is 1. The van der Waals surface area contributed by atoms with Gasteiger partial charge in [0.05, 0.1) is 11.5 Å². The van der Waals surface area contributed by atoms with Crippen LogP contribution < -0.4 is 10.6 Å². The summed E-state index contributed by atoms with van der Waals surface area (Å²) in [5.41, 5.74) is 7.08. The number of β-amino-alcohol motifs (C(OH)–C–C–N with tert-alkyl or cyclic N) is 1. The lowest BCUT2D eigenvalue weighted by Gasteiger charge is -2.24. The van der Waals surface area contributed by atoms with Gasteiger partial charge in [0.15, 0.2) is 5.82 Å². The summed E-state index contributed by atoms with van der Waals surface area (Å²) < 4.78 is 0. The predicted octanol–water partition coefficient (Wildman–Crippen LogP) is 1.05. The summed E-state index contributed by atoms with van der Waals surface area (Å²) in [6.45, 7) is 0.319. The number of aromatic nitrogens is 3. The van der Waals surface area contributed by atoms with Gasteiger partial charge in [-0.05, 0) is 6.07 Å². The second kappa shape index (κ2) is 5.61. The number of nitrogens with zero attached hydrogens (tertiary/aromatic N) is 3. The highest BCUT2D eigenvalue weighted by molar-refractivity contribution is 5.93. The maximum absolute atomic E-state index is 11.8. The van der Waals surface area contributed by atoms with Crippen LogP contribution >= 0.6 is 0 Å². The Hall–Kier alpha value is -2.93. The number of rotatable bonds is 3. The van der Waals surface area contributed by atoms with Crippen molar-refractivity contribution in [2.45, 2.75) is 18.6 Å². The summed E-state index contributed by atoms with van der Waals surface area (Å²) >= 11 is 0. The fraction of sp³-hybridized carbons (Fsp3) is 0.235. The van der Waals surface area contributed by atoms with Crippen LogP contribution in [-0.2, 0) is 4.79 Å². The Labute approximate surface area is 138 Å². The number of aliphatic hydroxyl groups excluding tert-OH is 1. The van der Waals surface area contributed by atoms with Gasteiger partial charge in [0.25, 0.3) is 0 Å². The molecule has 0 spiro atoms. The molecule has 122 valence electrons. The Bertz CT molecular complexity index is 892. The van der Waals surface area contributed by atoms with Crippen molar-refractivity contribution in [2.75, 3.05) is 11.4 Å². The zero-order chi connectivity index (χ0) is 16.7. The average molecular weight is 323 g/mol. The van der Waals surface area contributed by atoms with Gasteiger partial charge in [-0.15, -0.1) is 0 Å². The molecule has 1 aliphatic heterocycles. The van der Waals surface area contributed by atoms with E-state index in [2.05, 4.69) is 15.0 Å². The van der Waals surface area contributed by atoms with E-state index in [1.165, 1.54) is 0 Å². The molecule has 4 N–H and O–H groups in total. The Balaban J connectivity index is 1.88. The van der Waals surface area contributed by atoms with E-state index in [9.17, 15) is 9.90 Å². The second-order valence-electron chi connectivity index (χ2n) is 5.94. The van der Waals surface area contributed by atoms with Gasteiger partial charge in [0.1, 0.15) is 17.5 Å². The van der Waals surface area contributed by atoms with Crippen LogP contribution in [0.5, 0.6) is 0 Å². The van der Waals surface area contributed by atoms with E-state index < -0.39 is 18.1 Å². The second-order valence-corrected chi connectivity index (χ2v) is 5.94. The number of primary amides is 1. The van der Waals surface area contributed by atoms with Gasteiger partial charge < -0.3 is 20.7 Å². The third-order valence-corrected chi connectivity index (χ3v) is 4.31. The van der Waals surface area contributed by atoms with Gasteiger partial charge in [-0.25, -0.2) is 9.97 Å². The molecule has 1 aliphatic rings. The number of fused-ring (bicyclic) bond motifs is 1. The molecule has 1 saturated heterocycles. The van der Waals surface area contributed by atoms with Crippen molar-refractivity contribution in [3.05, 3.63) is 42.6 Å². The highest BCUT2D eigenvalue weighted by atomic mass is 16.3. The van der Waals surface area contributed by atoms with Crippen LogP contribution in [0.2, 0.25) is 0 Å². The minimum Gasteiger partial charge on any atom is -0.391 e. The van der Waals surface area contributed by atoms with Crippen LogP contribution in [0.1, 0.15) is 6.42 Å². The lowest BCUT2D eigenvalue weighted by Crippen LogP contribution is -2.40. The van der Waals surface area contributed by atoms with Crippen LogP contribution in [-0.4, -0.2) is 44.7 Å². The Morgan fingerprint density at radius 2 is 2.04 bits per heavy atom. The molecule has 2 atom stereocenters. The molecule has 7 nitrogen and oxygen atoms in total. The van der Waals surface area contributed by atoms with E-state index in [-0.39, 0.29) is 0 Å². The average Bonchev–Trinajstić information content (AvgIpc) is 3.21. The SMILES string of the molecule is NC(=O)[C@@H]1C[C@@H](O)CN1c1nc(-c2ccccc2)nc2[nH]ccc12. The summed E-state index contributed by atoms with van der Waals surface area (Å²) in [6, 6.07) is 10.9. The number of H-pyrrole nitrogens is 1. The van der Waals surface area contributed by atoms with Crippen LogP contribution in [0.4, 0.5) is 5.82 Å². The van der Waals surface area contributed by atoms with Crippen molar-refractivity contribution >= 4 is 22.8 Å². The van der Waals surface area contributed by atoms with E-state index in [1.54, 1.807) is 11.1 Å². The number of anilines is 1. The first-order valence-electron chi connectivity index (χ1n) is 7.78. The van der Waals surface area contributed by atoms with Crippen molar-refractivity contribution in [1.29, 1.82) is 0 Å². The molecule has 2 aromatic heterocycles. The standard InChI is InChI=1S/C17H17N5O2/c18-14(24)13-8-11(23)9-22(13)17-12-6-7-19-16(12)20-15(21-17)10-4-2-1-3-5-10/h1-7,11,13,23H,8-9H2,(H2,18,24)(H,19,20,21)/t11-,13+/m1/s1. The zero-order valence-electron chi connectivity index (χ0n) is 12.9. The molecule has 0 unspecified atom stereocenters. The highest BCUT2D eigenvalue weighted by Gasteiger charge is 2.36. The Kier molecular flexibility index (Phi) is 3.42. The van der Waals surface area contributed by atoms with Crippen molar-refractivity contribution < 1.29 is 9.90 Å². The van der Waals surface area contributed by atoms with Gasteiger partial charge in [-0.2, -0.15) is 0 Å². The lowest BCUT2D eigenvalue weighted by molar-refractivity contribution is -0.119.